The highest BCUT2D eigenvalue weighted by Crippen LogP contribution is 2.29. The highest BCUT2D eigenvalue weighted by molar-refractivity contribution is 7.14. The van der Waals surface area contributed by atoms with Gasteiger partial charge in [-0.2, -0.15) is 5.10 Å². The average Bonchev–Trinajstić information content (AvgIpc) is 2.87. The minimum Gasteiger partial charge on any atom is -0.266 e. The Bertz CT molecular complexity index is 699. The van der Waals surface area contributed by atoms with Crippen molar-refractivity contribution >= 4 is 23.0 Å². The van der Waals surface area contributed by atoms with Gasteiger partial charge in [0.25, 0.3) is 5.91 Å². The normalized spacial score (nSPS) is 12.3. The molecule has 116 valence electrons. The number of hydrogen-bond donors (Lipinski definition) is 1. The molecule has 0 bridgehead atoms. The minimum atomic E-state index is -0.321. The molecule has 0 aromatic carbocycles. The van der Waals surface area contributed by atoms with Crippen LogP contribution in [0.3, 0.4) is 0 Å². The molecular formula is C16H20N4OS. The smallest absolute Gasteiger partial charge is 0.266 e. The summed E-state index contributed by atoms with van der Waals surface area (Å²) in [5.74, 6) is -0.321. The van der Waals surface area contributed by atoms with Crippen molar-refractivity contribution < 1.29 is 4.79 Å². The Labute approximate surface area is 134 Å². The van der Waals surface area contributed by atoms with Crippen LogP contribution < -0.4 is 5.43 Å². The lowest BCUT2D eigenvalue weighted by Crippen LogP contribution is -2.20. The maximum atomic E-state index is 11.9. The fourth-order valence-electron chi connectivity index (χ4n) is 1.79. The summed E-state index contributed by atoms with van der Waals surface area (Å²) in [7, 11) is 0. The van der Waals surface area contributed by atoms with Crippen LogP contribution in [0, 0.1) is 6.92 Å². The van der Waals surface area contributed by atoms with Crippen LogP contribution in [-0.4, -0.2) is 21.6 Å². The first-order valence-electron chi connectivity index (χ1n) is 7.03. The zero-order valence-corrected chi connectivity index (χ0v) is 14.3. The monoisotopic (exact) mass is 316 g/mol. The second kappa shape index (κ2) is 6.36. The van der Waals surface area contributed by atoms with E-state index in [9.17, 15) is 4.79 Å². The molecule has 0 fully saturated rings. The first-order chi connectivity index (χ1) is 10.3. The van der Waals surface area contributed by atoms with E-state index in [0.29, 0.717) is 5.69 Å². The number of pyridine rings is 1. The Hall–Kier alpha value is -2.08. The molecule has 2 heterocycles. The van der Waals surface area contributed by atoms with Gasteiger partial charge in [-0.25, -0.2) is 10.4 Å². The lowest BCUT2D eigenvalue weighted by molar-refractivity contribution is 0.0950. The number of rotatable bonds is 3. The van der Waals surface area contributed by atoms with Gasteiger partial charge in [0.05, 0.1) is 21.3 Å². The number of aromatic nitrogens is 2. The van der Waals surface area contributed by atoms with Crippen molar-refractivity contribution in [2.45, 2.75) is 40.0 Å². The molecule has 5 nitrogen and oxygen atoms in total. The van der Waals surface area contributed by atoms with Gasteiger partial charge in [0, 0.05) is 11.6 Å². The molecule has 2 aromatic rings. The second-order valence-corrected chi connectivity index (χ2v) is 7.04. The van der Waals surface area contributed by atoms with Crippen molar-refractivity contribution in [1.82, 2.24) is 15.4 Å². The lowest BCUT2D eigenvalue weighted by Gasteiger charge is -2.13. The van der Waals surface area contributed by atoms with Crippen LogP contribution >= 0.6 is 11.3 Å². The van der Waals surface area contributed by atoms with Crippen LogP contribution in [0.4, 0.5) is 0 Å². The third kappa shape index (κ3) is 3.76. The molecule has 0 atom stereocenters. The van der Waals surface area contributed by atoms with E-state index in [2.05, 4.69) is 41.3 Å². The van der Waals surface area contributed by atoms with Crippen LogP contribution in [0.2, 0.25) is 0 Å². The molecule has 2 rings (SSSR count). The van der Waals surface area contributed by atoms with Crippen molar-refractivity contribution in [2.24, 2.45) is 5.10 Å². The molecule has 22 heavy (non-hydrogen) atoms. The zero-order chi connectivity index (χ0) is 16.3. The Balaban J connectivity index is 2.16. The number of nitrogens with one attached hydrogen (secondary N) is 1. The van der Waals surface area contributed by atoms with E-state index in [0.717, 1.165) is 21.3 Å². The van der Waals surface area contributed by atoms with E-state index in [1.165, 1.54) is 0 Å². The largest absolute Gasteiger partial charge is 0.289 e. The number of hydrazone groups is 1. The fraction of sp³-hybridized carbons (Fsp3) is 0.375. The van der Waals surface area contributed by atoms with Gasteiger partial charge in [-0.15, -0.1) is 11.3 Å². The summed E-state index contributed by atoms with van der Waals surface area (Å²) in [5.41, 5.74) is 4.56. The van der Waals surface area contributed by atoms with Crippen LogP contribution in [0.25, 0.3) is 0 Å². The zero-order valence-electron chi connectivity index (χ0n) is 13.5. The topological polar surface area (TPSA) is 67.2 Å². The van der Waals surface area contributed by atoms with E-state index in [1.54, 1.807) is 35.7 Å². The molecule has 0 aliphatic rings. The van der Waals surface area contributed by atoms with Gasteiger partial charge in [-0.1, -0.05) is 26.8 Å². The van der Waals surface area contributed by atoms with E-state index >= 15 is 0 Å². The van der Waals surface area contributed by atoms with Crippen molar-refractivity contribution in [1.29, 1.82) is 0 Å². The van der Waals surface area contributed by atoms with Crippen LogP contribution in [0.1, 0.15) is 53.8 Å². The summed E-state index contributed by atoms with van der Waals surface area (Å²) < 4.78 is 0. The maximum Gasteiger partial charge on any atom is 0.289 e. The maximum absolute atomic E-state index is 11.9. The standard InChI is InChI=1S/C16H20N4OS/c1-10-13(22-15(18-10)16(3,4)5)11(2)19-20-14(21)12-8-6-7-9-17-12/h6-9H,1-5H3,(H,20,21). The first-order valence-corrected chi connectivity index (χ1v) is 7.84. The SMILES string of the molecule is CC(=NNC(=O)c1ccccn1)c1sc(C(C)(C)C)nc1C. The van der Waals surface area contributed by atoms with E-state index in [-0.39, 0.29) is 11.3 Å². The van der Waals surface area contributed by atoms with Crippen molar-refractivity contribution in [2.75, 3.05) is 0 Å². The molecule has 1 N–H and O–H groups in total. The molecule has 0 unspecified atom stereocenters. The van der Waals surface area contributed by atoms with Gasteiger partial charge in [-0.05, 0) is 26.0 Å². The molecular weight excluding hydrogens is 296 g/mol. The van der Waals surface area contributed by atoms with Gasteiger partial charge in [0.15, 0.2) is 0 Å². The number of thiazole rings is 1. The van der Waals surface area contributed by atoms with Crippen molar-refractivity contribution in [3.8, 4) is 0 Å². The third-order valence-electron chi connectivity index (χ3n) is 2.99. The molecule has 0 saturated heterocycles. The second-order valence-electron chi connectivity index (χ2n) is 6.04. The van der Waals surface area contributed by atoms with Gasteiger partial charge >= 0.3 is 0 Å². The van der Waals surface area contributed by atoms with E-state index in [4.69, 9.17) is 0 Å². The highest BCUT2D eigenvalue weighted by Gasteiger charge is 2.21. The number of nitrogens with zero attached hydrogens (tertiary/aromatic N) is 3. The van der Waals surface area contributed by atoms with E-state index in [1.807, 2.05) is 13.8 Å². The molecule has 2 aromatic heterocycles. The molecule has 0 spiro atoms. The lowest BCUT2D eigenvalue weighted by atomic mass is 9.98. The molecule has 0 aliphatic carbocycles. The van der Waals surface area contributed by atoms with E-state index < -0.39 is 0 Å². The van der Waals surface area contributed by atoms with Crippen molar-refractivity contribution in [3.63, 3.8) is 0 Å². The average molecular weight is 316 g/mol. The Kier molecular flexibility index (Phi) is 4.71. The molecule has 6 heteroatoms. The molecule has 1 amide bonds. The fourth-order valence-corrected chi connectivity index (χ4v) is 2.86. The summed E-state index contributed by atoms with van der Waals surface area (Å²) in [6.45, 7) is 10.2. The molecule has 0 saturated carbocycles. The number of aryl methyl sites for hydroxylation is 1. The van der Waals surface area contributed by atoms with Crippen LogP contribution in [0.5, 0.6) is 0 Å². The number of hydrogen-bond acceptors (Lipinski definition) is 5. The minimum absolute atomic E-state index is 0.00512. The number of carbonyl (C=O) groups excluding carboxylic acids is 1. The molecule has 0 radical (unpaired) electrons. The highest BCUT2D eigenvalue weighted by atomic mass is 32.1. The predicted molar refractivity (Wildman–Crippen MR) is 89.5 cm³/mol. The summed E-state index contributed by atoms with van der Waals surface area (Å²) in [6.07, 6.45) is 1.58. The Morgan fingerprint density at radius 3 is 2.59 bits per heavy atom. The molecule has 0 aliphatic heterocycles. The third-order valence-corrected chi connectivity index (χ3v) is 4.68. The van der Waals surface area contributed by atoms with Crippen molar-refractivity contribution in [3.05, 3.63) is 45.7 Å². The summed E-state index contributed by atoms with van der Waals surface area (Å²) in [6, 6.07) is 5.18. The van der Waals surface area contributed by atoms with Gasteiger partial charge in [0.2, 0.25) is 0 Å². The predicted octanol–water partition coefficient (Wildman–Crippen LogP) is 3.30. The first kappa shape index (κ1) is 16.3. The van der Waals surface area contributed by atoms with Gasteiger partial charge < -0.3 is 0 Å². The quantitative estimate of drug-likeness (QED) is 0.698. The number of carbonyl (C=O) groups is 1. The Morgan fingerprint density at radius 1 is 1.32 bits per heavy atom. The number of amides is 1. The van der Waals surface area contributed by atoms with Crippen LogP contribution in [0.15, 0.2) is 29.5 Å². The summed E-state index contributed by atoms with van der Waals surface area (Å²) >= 11 is 1.61. The van der Waals surface area contributed by atoms with Gasteiger partial charge in [0.1, 0.15) is 5.69 Å². The summed E-state index contributed by atoms with van der Waals surface area (Å²) in [4.78, 5) is 21.5. The summed E-state index contributed by atoms with van der Waals surface area (Å²) in [5, 5.41) is 5.24. The Morgan fingerprint density at radius 2 is 2.05 bits per heavy atom. The van der Waals surface area contributed by atoms with Crippen LogP contribution in [-0.2, 0) is 5.41 Å². The van der Waals surface area contributed by atoms with Gasteiger partial charge in [-0.3, -0.25) is 9.78 Å².